The number of anilines is 1. The van der Waals surface area contributed by atoms with Crippen molar-refractivity contribution in [2.75, 3.05) is 11.8 Å². The lowest BCUT2D eigenvalue weighted by Crippen LogP contribution is -2.27. The predicted octanol–water partition coefficient (Wildman–Crippen LogP) is 4.81. The number of hydrogen-bond acceptors (Lipinski definition) is 4. The van der Waals surface area contributed by atoms with Crippen LogP contribution in [0.2, 0.25) is 0 Å². The molecule has 1 amide bonds. The highest BCUT2D eigenvalue weighted by atomic mass is 32.2. The zero-order valence-corrected chi connectivity index (χ0v) is 19.5. The van der Waals surface area contributed by atoms with E-state index in [1.54, 1.807) is 49.5 Å². The van der Waals surface area contributed by atoms with Crippen LogP contribution in [-0.4, -0.2) is 31.3 Å². The van der Waals surface area contributed by atoms with Crippen LogP contribution in [0.1, 0.15) is 46.8 Å². The molecule has 6 nitrogen and oxygen atoms in total. The van der Waals surface area contributed by atoms with Crippen LogP contribution in [0.25, 0.3) is 0 Å². The molecule has 0 fully saturated rings. The molecule has 0 aliphatic heterocycles. The van der Waals surface area contributed by atoms with E-state index in [1.807, 2.05) is 24.3 Å². The van der Waals surface area contributed by atoms with E-state index >= 15 is 0 Å². The minimum atomic E-state index is -3.83. The number of aryl methyl sites for hydroxylation is 2. The number of nitrogens with one attached hydrogen (secondary N) is 1. The van der Waals surface area contributed by atoms with Crippen molar-refractivity contribution in [2.45, 2.75) is 44.6 Å². The van der Waals surface area contributed by atoms with Crippen LogP contribution < -0.4 is 4.72 Å². The van der Waals surface area contributed by atoms with Gasteiger partial charge in [0.1, 0.15) is 0 Å². The largest absolute Gasteiger partial charge is 0.337 e. The van der Waals surface area contributed by atoms with E-state index in [4.69, 9.17) is 0 Å². The quantitative estimate of drug-likeness (QED) is 0.507. The van der Waals surface area contributed by atoms with Crippen molar-refractivity contribution in [3.8, 4) is 0 Å². The van der Waals surface area contributed by atoms with Gasteiger partial charge in [-0.1, -0.05) is 31.5 Å². The van der Waals surface area contributed by atoms with E-state index in [0.29, 0.717) is 17.8 Å². The van der Waals surface area contributed by atoms with Gasteiger partial charge in [-0.3, -0.25) is 14.5 Å². The number of rotatable bonds is 9. The first-order chi connectivity index (χ1) is 15.3. The summed E-state index contributed by atoms with van der Waals surface area (Å²) in [6.45, 7) is 4.34. The van der Waals surface area contributed by atoms with E-state index < -0.39 is 10.0 Å². The smallest absolute Gasteiger partial charge is 0.261 e. The summed E-state index contributed by atoms with van der Waals surface area (Å²) in [6.07, 6.45) is 6.53. The lowest BCUT2D eigenvalue weighted by atomic mass is 10.1. The number of aromatic nitrogens is 1. The number of hydrogen-bond donors (Lipinski definition) is 1. The van der Waals surface area contributed by atoms with Crippen LogP contribution in [-0.2, 0) is 23.0 Å². The first-order valence-corrected chi connectivity index (χ1v) is 12.1. The third kappa shape index (κ3) is 5.95. The number of nitrogens with zero attached hydrogens (tertiary/aromatic N) is 2. The maximum atomic E-state index is 13.0. The standard InChI is InChI=1S/C25H29N3O3S/c1-4-5-6-20-8-10-22(11-9-20)27-32(30,31)23-12-7-19(2)24(17-23)25(29)28(3)18-21-13-15-26-16-14-21/h7-17,27H,4-6,18H2,1-3H3. The molecule has 3 rings (SSSR count). The number of sulfonamides is 1. The topological polar surface area (TPSA) is 79.4 Å². The van der Waals surface area contributed by atoms with Crippen LogP contribution in [0.15, 0.2) is 71.9 Å². The molecular weight excluding hydrogens is 422 g/mol. The van der Waals surface area contributed by atoms with Gasteiger partial charge in [-0.15, -0.1) is 0 Å². The normalized spacial score (nSPS) is 11.2. The van der Waals surface area contributed by atoms with E-state index in [0.717, 1.165) is 30.4 Å². The molecule has 0 bridgehead atoms. The maximum Gasteiger partial charge on any atom is 0.261 e. The fraction of sp³-hybridized carbons (Fsp3) is 0.280. The minimum Gasteiger partial charge on any atom is -0.337 e. The van der Waals surface area contributed by atoms with Crippen molar-refractivity contribution in [3.63, 3.8) is 0 Å². The van der Waals surface area contributed by atoms with Gasteiger partial charge in [-0.2, -0.15) is 0 Å². The Bertz CT molecular complexity index is 1160. The zero-order chi connectivity index (χ0) is 23.1. The van der Waals surface area contributed by atoms with Gasteiger partial charge in [0, 0.05) is 37.2 Å². The third-order valence-corrected chi connectivity index (χ3v) is 6.67. The third-order valence-electron chi connectivity index (χ3n) is 5.29. The molecule has 0 saturated heterocycles. The van der Waals surface area contributed by atoms with Gasteiger partial charge in [-0.25, -0.2) is 8.42 Å². The van der Waals surface area contributed by atoms with Crippen LogP contribution in [0.4, 0.5) is 5.69 Å². The zero-order valence-electron chi connectivity index (χ0n) is 18.7. The fourth-order valence-corrected chi connectivity index (χ4v) is 4.46. The summed E-state index contributed by atoms with van der Waals surface area (Å²) in [5.74, 6) is -0.239. The Morgan fingerprint density at radius 2 is 1.69 bits per heavy atom. The maximum absolute atomic E-state index is 13.0. The summed E-state index contributed by atoms with van der Waals surface area (Å²) in [5.41, 5.74) is 3.69. The molecule has 0 aliphatic rings. The number of unbranched alkanes of at least 4 members (excludes halogenated alkanes) is 1. The highest BCUT2D eigenvalue weighted by Gasteiger charge is 2.20. The first kappa shape index (κ1) is 23.5. The van der Waals surface area contributed by atoms with Crippen molar-refractivity contribution in [3.05, 3.63) is 89.2 Å². The van der Waals surface area contributed by atoms with Gasteiger partial charge in [0.2, 0.25) is 0 Å². The Balaban J connectivity index is 1.78. The number of carbonyl (C=O) groups excluding carboxylic acids is 1. The molecule has 0 saturated carbocycles. The number of pyridine rings is 1. The van der Waals surface area contributed by atoms with E-state index in [1.165, 1.54) is 17.7 Å². The molecule has 1 aromatic heterocycles. The van der Waals surface area contributed by atoms with Crippen LogP contribution >= 0.6 is 0 Å². The molecule has 0 aliphatic carbocycles. The molecule has 1 heterocycles. The summed E-state index contributed by atoms with van der Waals surface area (Å²) in [4.78, 5) is 18.6. The highest BCUT2D eigenvalue weighted by Crippen LogP contribution is 2.21. The molecule has 3 aromatic rings. The number of benzene rings is 2. The summed E-state index contributed by atoms with van der Waals surface area (Å²) >= 11 is 0. The van der Waals surface area contributed by atoms with Crippen LogP contribution in [0.3, 0.4) is 0 Å². The Kier molecular flexibility index (Phi) is 7.64. The van der Waals surface area contributed by atoms with E-state index in [9.17, 15) is 13.2 Å². The molecule has 0 unspecified atom stereocenters. The summed E-state index contributed by atoms with van der Waals surface area (Å²) in [7, 11) is -2.13. The molecule has 32 heavy (non-hydrogen) atoms. The van der Waals surface area contributed by atoms with Crippen molar-refractivity contribution < 1.29 is 13.2 Å². The molecule has 1 N–H and O–H groups in total. The fourth-order valence-electron chi connectivity index (χ4n) is 3.37. The average Bonchev–Trinajstić information content (AvgIpc) is 2.78. The second-order valence-corrected chi connectivity index (χ2v) is 9.58. The van der Waals surface area contributed by atoms with E-state index in [2.05, 4.69) is 16.6 Å². The van der Waals surface area contributed by atoms with Crippen LogP contribution in [0.5, 0.6) is 0 Å². The van der Waals surface area contributed by atoms with Gasteiger partial charge < -0.3 is 4.90 Å². The Morgan fingerprint density at radius 3 is 2.34 bits per heavy atom. The molecule has 0 atom stereocenters. The second-order valence-electron chi connectivity index (χ2n) is 7.90. The molecule has 0 radical (unpaired) electrons. The molecular formula is C25H29N3O3S. The molecule has 168 valence electrons. The Labute approximate surface area is 190 Å². The van der Waals surface area contributed by atoms with Gasteiger partial charge in [-0.05, 0) is 72.9 Å². The Morgan fingerprint density at radius 1 is 1.00 bits per heavy atom. The first-order valence-electron chi connectivity index (χ1n) is 10.7. The minimum absolute atomic E-state index is 0.0545. The number of carbonyl (C=O) groups is 1. The summed E-state index contributed by atoms with van der Waals surface area (Å²) in [5, 5.41) is 0. The lowest BCUT2D eigenvalue weighted by Gasteiger charge is -2.19. The van der Waals surface area contributed by atoms with Crippen molar-refractivity contribution in [2.24, 2.45) is 0 Å². The van der Waals surface area contributed by atoms with Gasteiger partial charge in [0.05, 0.1) is 4.90 Å². The molecule has 2 aromatic carbocycles. The monoisotopic (exact) mass is 451 g/mol. The van der Waals surface area contributed by atoms with Crippen molar-refractivity contribution in [1.82, 2.24) is 9.88 Å². The Hall–Kier alpha value is -3.19. The molecule has 7 heteroatoms. The van der Waals surface area contributed by atoms with Crippen molar-refractivity contribution >= 4 is 21.6 Å². The van der Waals surface area contributed by atoms with Crippen molar-refractivity contribution in [1.29, 1.82) is 0 Å². The molecule has 0 spiro atoms. The summed E-state index contributed by atoms with van der Waals surface area (Å²) in [6, 6.07) is 15.7. The average molecular weight is 452 g/mol. The van der Waals surface area contributed by atoms with E-state index in [-0.39, 0.29) is 10.8 Å². The second kappa shape index (κ2) is 10.4. The van der Waals surface area contributed by atoms with Gasteiger partial charge in [0.15, 0.2) is 0 Å². The van der Waals surface area contributed by atoms with Crippen LogP contribution in [0, 0.1) is 6.92 Å². The number of amides is 1. The SMILES string of the molecule is CCCCc1ccc(NS(=O)(=O)c2ccc(C)c(C(=O)N(C)Cc3ccncc3)c2)cc1. The lowest BCUT2D eigenvalue weighted by molar-refractivity contribution is 0.0784. The summed E-state index contributed by atoms with van der Waals surface area (Å²) < 4.78 is 28.5. The highest BCUT2D eigenvalue weighted by molar-refractivity contribution is 7.92. The predicted molar refractivity (Wildman–Crippen MR) is 127 cm³/mol. The van der Waals surface area contributed by atoms with Gasteiger partial charge in [0.25, 0.3) is 15.9 Å². The van der Waals surface area contributed by atoms with Gasteiger partial charge >= 0.3 is 0 Å².